The predicted molar refractivity (Wildman–Crippen MR) is 91.9 cm³/mol. The first-order valence-electron chi connectivity index (χ1n) is 9.87. The van der Waals surface area contributed by atoms with Crippen LogP contribution >= 0.6 is 0 Å². The van der Waals surface area contributed by atoms with Crippen molar-refractivity contribution in [1.82, 2.24) is 0 Å². The van der Waals surface area contributed by atoms with E-state index in [1.807, 2.05) is 0 Å². The number of hydrogen-bond acceptors (Lipinski definition) is 2. The van der Waals surface area contributed by atoms with Gasteiger partial charge in [0.25, 0.3) is 0 Å². The summed E-state index contributed by atoms with van der Waals surface area (Å²) in [4.78, 5) is 12.6. The number of rotatable bonds is 1. The fourth-order valence-corrected chi connectivity index (χ4v) is 8.19. The van der Waals surface area contributed by atoms with Crippen molar-refractivity contribution in [2.75, 3.05) is 7.11 Å². The Hall–Kier alpha value is -0.530. The molecule has 4 aliphatic carbocycles. The highest BCUT2D eigenvalue weighted by Gasteiger charge is 2.66. The summed E-state index contributed by atoms with van der Waals surface area (Å²) in [5.74, 6) is 1.42. The summed E-state index contributed by atoms with van der Waals surface area (Å²) in [5, 5.41) is 0. The standard InChI is InChI=1S/C21H34O2/c1-18-10-6-16-19(2)8-5-9-20(3,17(22)23-4)15(19)7-11-21(16,14-18)13-12-18/h15-16H,5-14H2,1-4H3/t15?,16?,18-,19-,20-,21+/m1/s1. The maximum absolute atomic E-state index is 12.6. The van der Waals surface area contributed by atoms with E-state index >= 15 is 0 Å². The molecule has 0 N–H and O–H groups in total. The van der Waals surface area contributed by atoms with Crippen molar-refractivity contribution in [2.24, 2.45) is 33.5 Å². The molecule has 4 fully saturated rings. The molecular formula is C21H34O2. The van der Waals surface area contributed by atoms with Crippen molar-refractivity contribution in [3.8, 4) is 0 Å². The molecule has 6 atom stereocenters. The van der Waals surface area contributed by atoms with Crippen molar-refractivity contribution < 1.29 is 9.53 Å². The van der Waals surface area contributed by atoms with Gasteiger partial charge >= 0.3 is 5.97 Å². The van der Waals surface area contributed by atoms with E-state index in [-0.39, 0.29) is 11.4 Å². The molecule has 2 unspecified atom stereocenters. The van der Waals surface area contributed by atoms with E-state index in [2.05, 4.69) is 20.8 Å². The third-order valence-corrected chi connectivity index (χ3v) is 9.14. The monoisotopic (exact) mass is 318 g/mol. The average Bonchev–Trinajstić information content (AvgIpc) is 2.76. The molecule has 2 heteroatoms. The van der Waals surface area contributed by atoms with Gasteiger partial charge in [0.1, 0.15) is 0 Å². The van der Waals surface area contributed by atoms with Crippen LogP contribution in [0.15, 0.2) is 0 Å². The second-order valence-corrected chi connectivity index (χ2v) is 10.3. The van der Waals surface area contributed by atoms with E-state index in [9.17, 15) is 4.79 Å². The largest absolute Gasteiger partial charge is 0.469 e. The Labute approximate surface area is 141 Å². The topological polar surface area (TPSA) is 26.3 Å². The molecule has 0 amide bonds. The molecule has 1 spiro atoms. The Morgan fingerprint density at radius 1 is 0.913 bits per heavy atom. The van der Waals surface area contributed by atoms with Crippen LogP contribution in [0.25, 0.3) is 0 Å². The van der Waals surface area contributed by atoms with Gasteiger partial charge in [-0.25, -0.2) is 0 Å². The first-order chi connectivity index (χ1) is 10.8. The molecule has 0 saturated heterocycles. The number of fused-ring (bicyclic) bond motifs is 3. The zero-order valence-corrected chi connectivity index (χ0v) is 15.5. The average molecular weight is 319 g/mol. The van der Waals surface area contributed by atoms with Gasteiger partial charge in [0.15, 0.2) is 0 Å². The highest BCUT2D eigenvalue weighted by Crippen LogP contribution is 2.73. The lowest BCUT2D eigenvalue weighted by molar-refractivity contribution is -0.185. The number of esters is 1. The molecule has 23 heavy (non-hydrogen) atoms. The summed E-state index contributed by atoms with van der Waals surface area (Å²) >= 11 is 0. The molecule has 2 bridgehead atoms. The maximum atomic E-state index is 12.6. The fraction of sp³-hybridized carbons (Fsp3) is 0.952. The van der Waals surface area contributed by atoms with Crippen LogP contribution < -0.4 is 0 Å². The van der Waals surface area contributed by atoms with Gasteiger partial charge in [-0.05, 0) is 92.8 Å². The van der Waals surface area contributed by atoms with Gasteiger partial charge in [-0.3, -0.25) is 4.79 Å². The minimum atomic E-state index is -0.247. The van der Waals surface area contributed by atoms with Crippen LogP contribution in [0.4, 0.5) is 0 Å². The van der Waals surface area contributed by atoms with Gasteiger partial charge in [0, 0.05) is 0 Å². The molecule has 4 rings (SSSR count). The Bertz CT molecular complexity index is 528. The molecular weight excluding hydrogens is 284 g/mol. The minimum absolute atomic E-state index is 0.0523. The van der Waals surface area contributed by atoms with Gasteiger partial charge in [0.05, 0.1) is 12.5 Å². The van der Waals surface area contributed by atoms with E-state index in [0.29, 0.717) is 22.2 Å². The van der Waals surface area contributed by atoms with Crippen molar-refractivity contribution in [2.45, 2.75) is 85.0 Å². The van der Waals surface area contributed by atoms with E-state index in [1.54, 1.807) is 7.11 Å². The lowest BCUT2D eigenvalue weighted by Gasteiger charge is -2.64. The van der Waals surface area contributed by atoms with Gasteiger partial charge in [-0.1, -0.05) is 20.3 Å². The third kappa shape index (κ3) is 1.96. The molecule has 0 heterocycles. The third-order valence-electron chi connectivity index (χ3n) is 9.14. The molecule has 4 saturated carbocycles. The van der Waals surface area contributed by atoms with Crippen LogP contribution in [-0.4, -0.2) is 13.1 Å². The predicted octanol–water partition coefficient (Wildman–Crippen LogP) is 5.35. The SMILES string of the molecule is COC(=O)[C@]1(C)CCC[C@@]2(C)C3CC[C@]4(C)CC[C@@]3(CCC21)C4. The maximum Gasteiger partial charge on any atom is 0.311 e. The van der Waals surface area contributed by atoms with Crippen molar-refractivity contribution in [3.05, 3.63) is 0 Å². The summed E-state index contributed by atoms with van der Waals surface area (Å²) in [6.45, 7) is 7.29. The second kappa shape index (κ2) is 4.76. The van der Waals surface area contributed by atoms with Crippen molar-refractivity contribution in [3.63, 3.8) is 0 Å². The molecule has 130 valence electrons. The molecule has 0 radical (unpaired) electrons. The zero-order valence-electron chi connectivity index (χ0n) is 15.5. The van der Waals surface area contributed by atoms with Gasteiger partial charge < -0.3 is 4.74 Å². The summed E-state index contributed by atoms with van der Waals surface area (Å²) in [6.07, 6.45) is 13.3. The van der Waals surface area contributed by atoms with E-state index in [0.717, 1.165) is 12.3 Å². The Morgan fingerprint density at radius 3 is 2.39 bits per heavy atom. The number of carbonyl (C=O) groups is 1. The molecule has 0 aromatic heterocycles. The smallest absolute Gasteiger partial charge is 0.311 e. The van der Waals surface area contributed by atoms with E-state index < -0.39 is 0 Å². The van der Waals surface area contributed by atoms with Gasteiger partial charge in [-0.2, -0.15) is 0 Å². The lowest BCUT2D eigenvalue weighted by Crippen LogP contribution is -2.58. The summed E-state index contributed by atoms with van der Waals surface area (Å²) in [5.41, 5.74) is 1.33. The highest BCUT2D eigenvalue weighted by atomic mass is 16.5. The first kappa shape index (κ1) is 16.0. The first-order valence-corrected chi connectivity index (χ1v) is 9.87. The van der Waals surface area contributed by atoms with Crippen LogP contribution in [0.3, 0.4) is 0 Å². The minimum Gasteiger partial charge on any atom is -0.469 e. The summed E-state index contributed by atoms with van der Waals surface area (Å²) in [6, 6.07) is 0. The quantitative estimate of drug-likeness (QED) is 0.609. The van der Waals surface area contributed by atoms with Crippen molar-refractivity contribution >= 4 is 5.97 Å². The summed E-state index contributed by atoms with van der Waals surface area (Å²) < 4.78 is 5.26. The molecule has 2 nitrogen and oxygen atoms in total. The zero-order chi connectivity index (χ0) is 16.5. The van der Waals surface area contributed by atoms with Crippen LogP contribution in [-0.2, 0) is 9.53 Å². The number of hydrogen-bond donors (Lipinski definition) is 0. The normalized spacial score (nSPS) is 55.0. The molecule has 0 aromatic carbocycles. The Morgan fingerprint density at radius 2 is 1.65 bits per heavy atom. The Balaban J connectivity index is 1.72. The number of methoxy groups -OCH3 is 1. The summed E-state index contributed by atoms with van der Waals surface area (Å²) in [7, 11) is 1.58. The van der Waals surface area contributed by atoms with Crippen LogP contribution in [0.5, 0.6) is 0 Å². The molecule has 4 aliphatic rings. The van der Waals surface area contributed by atoms with Crippen LogP contribution in [0, 0.1) is 33.5 Å². The van der Waals surface area contributed by atoms with E-state index in [4.69, 9.17) is 4.74 Å². The highest BCUT2D eigenvalue weighted by molar-refractivity contribution is 5.77. The second-order valence-electron chi connectivity index (χ2n) is 10.3. The van der Waals surface area contributed by atoms with Crippen LogP contribution in [0.1, 0.15) is 85.0 Å². The van der Waals surface area contributed by atoms with Crippen molar-refractivity contribution in [1.29, 1.82) is 0 Å². The fourth-order valence-electron chi connectivity index (χ4n) is 8.19. The van der Waals surface area contributed by atoms with Gasteiger partial charge in [0.2, 0.25) is 0 Å². The van der Waals surface area contributed by atoms with Gasteiger partial charge in [-0.15, -0.1) is 0 Å². The molecule has 0 aliphatic heterocycles. The van der Waals surface area contributed by atoms with Crippen LogP contribution in [0.2, 0.25) is 0 Å². The number of ether oxygens (including phenoxy) is 1. The molecule has 0 aromatic rings. The Kier molecular flexibility index (Phi) is 3.30. The van der Waals surface area contributed by atoms with E-state index in [1.165, 1.54) is 57.8 Å². The number of carbonyl (C=O) groups excluding carboxylic acids is 1. The lowest BCUT2D eigenvalue weighted by atomic mass is 9.40.